The summed E-state index contributed by atoms with van der Waals surface area (Å²) in [7, 11) is 0. The minimum absolute atomic E-state index is 0.179. The zero-order valence-corrected chi connectivity index (χ0v) is 18.1. The average molecular weight is 470 g/mol. The summed E-state index contributed by atoms with van der Waals surface area (Å²) >= 11 is 13.6. The maximum atomic E-state index is 12.7. The lowest BCUT2D eigenvalue weighted by molar-refractivity contribution is 0.296. The molecule has 0 saturated heterocycles. The maximum Gasteiger partial charge on any atom is 0.291 e. The number of hydrogen-bond acceptors (Lipinski definition) is 6. The summed E-state index contributed by atoms with van der Waals surface area (Å²) in [5.41, 5.74) is 0.416. The van der Waals surface area contributed by atoms with Crippen LogP contribution in [-0.2, 0) is 6.61 Å². The molecule has 0 atom stereocenters. The smallest absolute Gasteiger partial charge is 0.291 e. The van der Waals surface area contributed by atoms with Gasteiger partial charge in [-0.05, 0) is 36.4 Å². The van der Waals surface area contributed by atoms with Crippen molar-refractivity contribution in [2.75, 3.05) is 0 Å². The van der Waals surface area contributed by atoms with E-state index in [2.05, 4.69) is 10.1 Å². The number of thiazole rings is 1. The standard InChI is InChI=1S/C22H13Cl2N3O3S/c23-16-8-4-7-15(20(16)24)17-10-9-14(30-17)11-18-21(28)27-22(31-18)25-19(26-27)12-29-13-5-2-1-3-6-13/h1-11H,12H2/b18-11-. The number of para-hydroxylation sites is 1. The Bertz CT molecular complexity index is 1490. The average Bonchev–Trinajstić information content (AvgIpc) is 3.47. The summed E-state index contributed by atoms with van der Waals surface area (Å²) in [5.74, 6) is 2.23. The van der Waals surface area contributed by atoms with Crippen molar-refractivity contribution in [3.63, 3.8) is 0 Å². The predicted molar refractivity (Wildman–Crippen MR) is 121 cm³/mol. The van der Waals surface area contributed by atoms with E-state index in [0.29, 0.717) is 48.2 Å². The van der Waals surface area contributed by atoms with Crippen LogP contribution in [-0.4, -0.2) is 14.6 Å². The third-order valence-electron chi connectivity index (χ3n) is 4.45. The Morgan fingerprint density at radius 2 is 1.90 bits per heavy atom. The van der Waals surface area contributed by atoms with E-state index in [1.165, 1.54) is 15.9 Å². The molecule has 0 amide bonds. The van der Waals surface area contributed by atoms with Crippen molar-refractivity contribution in [1.29, 1.82) is 0 Å². The molecule has 0 aliphatic carbocycles. The molecule has 0 radical (unpaired) electrons. The maximum absolute atomic E-state index is 12.7. The number of aromatic nitrogens is 3. The third kappa shape index (κ3) is 3.95. The molecule has 5 aromatic rings. The number of halogens is 2. The van der Waals surface area contributed by atoms with Crippen LogP contribution in [0.25, 0.3) is 22.4 Å². The highest BCUT2D eigenvalue weighted by atomic mass is 35.5. The molecule has 2 aromatic carbocycles. The Labute approximate surface area is 189 Å². The highest BCUT2D eigenvalue weighted by molar-refractivity contribution is 7.15. The lowest BCUT2D eigenvalue weighted by Crippen LogP contribution is -2.23. The van der Waals surface area contributed by atoms with Crippen molar-refractivity contribution in [1.82, 2.24) is 14.6 Å². The summed E-state index contributed by atoms with van der Waals surface area (Å²) in [6, 6.07) is 18.2. The molecule has 3 aromatic heterocycles. The van der Waals surface area contributed by atoms with Crippen LogP contribution in [0.2, 0.25) is 10.0 Å². The van der Waals surface area contributed by atoms with E-state index in [0.717, 1.165) is 0 Å². The summed E-state index contributed by atoms with van der Waals surface area (Å²) in [4.78, 5) is 17.6. The fourth-order valence-corrected chi connectivity index (χ4v) is 4.30. The molecular formula is C22H13Cl2N3O3S. The minimum atomic E-state index is -0.266. The van der Waals surface area contributed by atoms with Crippen LogP contribution in [0.5, 0.6) is 5.75 Å². The van der Waals surface area contributed by atoms with Gasteiger partial charge in [0.05, 0.1) is 10.0 Å². The lowest BCUT2D eigenvalue weighted by Gasteiger charge is -2.01. The number of benzene rings is 2. The van der Waals surface area contributed by atoms with E-state index < -0.39 is 0 Å². The van der Waals surface area contributed by atoms with Gasteiger partial charge < -0.3 is 9.15 Å². The first-order valence-electron chi connectivity index (χ1n) is 9.21. The van der Waals surface area contributed by atoms with Crippen molar-refractivity contribution in [2.45, 2.75) is 6.61 Å². The van der Waals surface area contributed by atoms with Gasteiger partial charge in [0, 0.05) is 11.6 Å². The molecule has 6 nitrogen and oxygen atoms in total. The second kappa shape index (κ2) is 8.19. The SMILES string of the molecule is O=c1/c(=C/c2ccc(-c3cccc(Cl)c3Cl)o2)sc2nc(COc3ccccc3)nn12. The Kier molecular flexibility index (Phi) is 5.23. The van der Waals surface area contributed by atoms with Crippen LogP contribution in [0.15, 0.2) is 69.9 Å². The number of fused-ring (bicyclic) bond motifs is 1. The zero-order valence-electron chi connectivity index (χ0n) is 15.8. The first-order valence-corrected chi connectivity index (χ1v) is 10.8. The molecule has 154 valence electrons. The molecule has 0 unspecified atom stereocenters. The summed E-state index contributed by atoms with van der Waals surface area (Å²) in [6.07, 6.45) is 1.66. The number of hydrogen-bond donors (Lipinski definition) is 0. The monoisotopic (exact) mass is 469 g/mol. The third-order valence-corrected chi connectivity index (χ3v) is 6.23. The second-order valence-corrected chi connectivity index (χ2v) is 8.34. The van der Waals surface area contributed by atoms with E-state index >= 15 is 0 Å². The predicted octanol–water partition coefficient (Wildman–Crippen LogP) is 4.84. The van der Waals surface area contributed by atoms with Crippen molar-refractivity contribution >= 4 is 45.6 Å². The molecule has 0 aliphatic heterocycles. The van der Waals surface area contributed by atoms with Crippen LogP contribution in [0.1, 0.15) is 11.6 Å². The molecule has 0 fully saturated rings. The van der Waals surface area contributed by atoms with E-state index in [-0.39, 0.29) is 12.2 Å². The first kappa shape index (κ1) is 19.8. The van der Waals surface area contributed by atoms with Gasteiger partial charge in [-0.25, -0.2) is 0 Å². The van der Waals surface area contributed by atoms with Gasteiger partial charge in [-0.1, -0.05) is 58.8 Å². The van der Waals surface area contributed by atoms with E-state index in [1.807, 2.05) is 36.4 Å². The van der Waals surface area contributed by atoms with Gasteiger partial charge in [-0.3, -0.25) is 4.79 Å². The van der Waals surface area contributed by atoms with Crippen LogP contribution < -0.4 is 14.8 Å². The minimum Gasteiger partial charge on any atom is -0.486 e. The van der Waals surface area contributed by atoms with Gasteiger partial charge in [0.2, 0.25) is 4.96 Å². The van der Waals surface area contributed by atoms with Gasteiger partial charge in [-0.2, -0.15) is 9.50 Å². The molecule has 9 heteroatoms. The fraction of sp³-hybridized carbons (Fsp3) is 0.0455. The van der Waals surface area contributed by atoms with Crippen LogP contribution in [0, 0.1) is 0 Å². The molecule has 0 spiro atoms. The molecule has 0 N–H and O–H groups in total. The molecule has 5 rings (SSSR count). The second-order valence-electron chi connectivity index (χ2n) is 6.54. The molecular weight excluding hydrogens is 457 g/mol. The molecule has 3 heterocycles. The van der Waals surface area contributed by atoms with Gasteiger partial charge in [0.25, 0.3) is 5.56 Å². The van der Waals surface area contributed by atoms with E-state index in [4.69, 9.17) is 32.4 Å². The van der Waals surface area contributed by atoms with Crippen molar-refractivity contribution in [3.8, 4) is 17.1 Å². The normalized spacial score (nSPS) is 12.0. The Morgan fingerprint density at radius 1 is 1.06 bits per heavy atom. The Morgan fingerprint density at radius 3 is 2.71 bits per heavy atom. The summed E-state index contributed by atoms with van der Waals surface area (Å²) in [5, 5.41) is 5.12. The van der Waals surface area contributed by atoms with Gasteiger partial charge in [0.15, 0.2) is 5.82 Å². The van der Waals surface area contributed by atoms with Crippen molar-refractivity contribution in [2.24, 2.45) is 0 Å². The highest BCUT2D eigenvalue weighted by Crippen LogP contribution is 2.34. The number of nitrogens with zero attached hydrogens (tertiary/aromatic N) is 3. The number of furan rings is 1. The largest absolute Gasteiger partial charge is 0.486 e. The molecule has 0 aliphatic rings. The van der Waals surface area contributed by atoms with Crippen LogP contribution in [0.3, 0.4) is 0 Å². The Balaban J connectivity index is 1.41. The fourth-order valence-electron chi connectivity index (χ4n) is 3.00. The lowest BCUT2D eigenvalue weighted by atomic mass is 10.2. The molecule has 0 bridgehead atoms. The quantitative estimate of drug-likeness (QED) is 0.368. The van der Waals surface area contributed by atoms with E-state index in [9.17, 15) is 4.79 Å². The van der Waals surface area contributed by atoms with Gasteiger partial charge in [0.1, 0.15) is 28.4 Å². The van der Waals surface area contributed by atoms with E-state index in [1.54, 1.807) is 30.3 Å². The number of ether oxygens (including phenoxy) is 1. The first-order chi connectivity index (χ1) is 15.1. The Hall–Kier alpha value is -3.13. The van der Waals surface area contributed by atoms with Gasteiger partial charge in [-0.15, -0.1) is 5.10 Å². The summed E-state index contributed by atoms with van der Waals surface area (Å²) in [6.45, 7) is 0.179. The zero-order chi connectivity index (χ0) is 21.4. The molecule has 0 saturated carbocycles. The topological polar surface area (TPSA) is 69.6 Å². The molecule has 31 heavy (non-hydrogen) atoms. The highest BCUT2D eigenvalue weighted by Gasteiger charge is 2.13. The van der Waals surface area contributed by atoms with Crippen LogP contribution >= 0.6 is 34.5 Å². The number of rotatable bonds is 5. The van der Waals surface area contributed by atoms with Crippen LogP contribution in [0.4, 0.5) is 0 Å². The van der Waals surface area contributed by atoms with Crippen molar-refractivity contribution < 1.29 is 9.15 Å². The summed E-state index contributed by atoms with van der Waals surface area (Å²) < 4.78 is 13.2. The van der Waals surface area contributed by atoms with Gasteiger partial charge >= 0.3 is 0 Å². The van der Waals surface area contributed by atoms with Crippen molar-refractivity contribution in [3.05, 3.63) is 97.2 Å².